The summed E-state index contributed by atoms with van der Waals surface area (Å²) in [7, 11) is 0. The zero-order valence-corrected chi connectivity index (χ0v) is 16.7. The fourth-order valence-corrected chi connectivity index (χ4v) is 2.73. The number of hydrogen-bond donors (Lipinski definition) is 1. The van der Waals surface area contributed by atoms with Crippen molar-refractivity contribution in [2.45, 2.75) is 0 Å². The van der Waals surface area contributed by atoms with Crippen molar-refractivity contribution < 1.29 is 14.5 Å². The molecule has 2 aromatic rings. The van der Waals surface area contributed by atoms with Gasteiger partial charge in [0.2, 0.25) is 0 Å². The predicted molar refractivity (Wildman–Crippen MR) is 110 cm³/mol. The van der Waals surface area contributed by atoms with E-state index in [-0.39, 0.29) is 28.6 Å². The molecular weight excluding hydrogens is 450 g/mol. The van der Waals surface area contributed by atoms with Crippen LogP contribution in [0.25, 0.3) is 6.08 Å². The number of nitro groups is 1. The van der Waals surface area contributed by atoms with Gasteiger partial charge in [-0.25, -0.2) is 0 Å². The van der Waals surface area contributed by atoms with Gasteiger partial charge in [-0.3, -0.25) is 14.9 Å². The number of nitriles is 1. The molecule has 28 heavy (non-hydrogen) atoms. The normalized spacial score (nSPS) is 10.7. The lowest BCUT2D eigenvalue weighted by Gasteiger charge is -2.09. The molecule has 0 bridgehead atoms. The number of nitrogens with zero attached hydrogens (tertiary/aromatic N) is 2. The van der Waals surface area contributed by atoms with Crippen LogP contribution in [0.3, 0.4) is 0 Å². The Morgan fingerprint density at radius 3 is 2.75 bits per heavy atom. The van der Waals surface area contributed by atoms with Crippen LogP contribution in [0.5, 0.6) is 5.75 Å². The summed E-state index contributed by atoms with van der Waals surface area (Å²) in [5, 5.41) is 22.6. The highest BCUT2D eigenvalue weighted by Crippen LogP contribution is 2.28. The number of halogens is 2. The summed E-state index contributed by atoms with van der Waals surface area (Å²) in [5.41, 5.74) is 0.252. The van der Waals surface area contributed by atoms with E-state index in [2.05, 4.69) is 27.8 Å². The molecular formula is C19H13BrClN3O4. The maximum atomic E-state index is 12.5. The summed E-state index contributed by atoms with van der Waals surface area (Å²) in [4.78, 5) is 22.6. The van der Waals surface area contributed by atoms with Crippen LogP contribution in [0.4, 0.5) is 11.4 Å². The number of non-ortho nitro benzene ring substituents is 1. The molecule has 0 aliphatic heterocycles. The SMILES string of the molecule is C=CCOc1ccc(Br)cc1/C=C(\C#N)C(=O)Nc1ccc([N+](=O)[O-])cc1Cl. The molecule has 1 N–H and O–H groups in total. The molecule has 9 heteroatoms. The highest BCUT2D eigenvalue weighted by molar-refractivity contribution is 9.10. The van der Waals surface area contributed by atoms with Crippen LogP contribution in [0.15, 0.2) is 59.1 Å². The number of carbonyl (C=O) groups excluding carboxylic acids is 1. The predicted octanol–water partition coefficient (Wildman–Crippen LogP) is 5.12. The standard InChI is InChI=1S/C19H13BrClN3O4/c1-2-7-28-18-6-3-14(20)9-12(18)8-13(11-22)19(25)23-17-5-4-15(24(26)27)10-16(17)21/h2-6,8-10H,1,7H2,(H,23,25)/b13-8+. The van der Waals surface area contributed by atoms with Crippen molar-refractivity contribution in [1.29, 1.82) is 5.26 Å². The van der Waals surface area contributed by atoms with Crippen LogP contribution < -0.4 is 10.1 Å². The van der Waals surface area contributed by atoms with Crippen LogP contribution in [0, 0.1) is 21.4 Å². The molecule has 1 amide bonds. The van der Waals surface area contributed by atoms with E-state index >= 15 is 0 Å². The number of hydrogen-bond acceptors (Lipinski definition) is 5. The van der Waals surface area contributed by atoms with E-state index in [1.54, 1.807) is 24.3 Å². The molecule has 0 unspecified atom stereocenters. The Hall–Kier alpha value is -3.15. The minimum Gasteiger partial charge on any atom is -0.489 e. The molecule has 0 aliphatic carbocycles. The van der Waals surface area contributed by atoms with Gasteiger partial charge in [-0.1, -0.05) is 40.2 Å². The topological polar surface area (TPSA) is 105 Å². The lowest BCUT2D eigenvalue weighted by molar-refractivity contribution is -0.384. The molecule has 2 rings (SSSR count). The Morgan fingerprint density at radius 1 is 1.39 bits per heavy atom. The summed E-state index contributed by atoms with van der Waals surface area (Å²) in [6.45, 7) is 3.84. The fourth-order valence-electron chi connectivity index (χ4n) is 2.12. The van der Waals surface area contributed by atoms with Crippen LogP contribution in [0.2, 0.25) is 5.02 Å². The van der Waals surface area contributed by atoms with Gasteiger partial charge in [-0.05, 0) is 30.3 Å². The summed E-state index contributed by atoms with van der Waals surface area (Å²) in [6.07, 6.45) is 2.95. The highest BCUT2D eigenvalue weighted by Gasteiger charge is 2.15. The summed E-state index contributed by atoms with van der Waals surface area (Å²) >= 11 is 9.31. The molecule has 142 valence electrons. The Labute approximate surface area is 174 Å². The number of carbonyl (C=O) groups is 1. The van der Waals surface area contributed by atoms with Crippen molar-refractivity contribution in [3.8, 4) is 11.8 Å². The van der Waals surface area contributed by atoms with Crippen molar-refractivity contribution >= 4 is 50.9 Å². The second-order valence-corrected chi connectivity index (χ2v) is 6.65. The van der Waals surface area contributed by atoms with Gasteiger partial charge in [0.25, 0.3) is 11.6 Å². The lowest BCUT2D eigenvalue weighted by Crippen LogP contribution is -2.14. The molecule has 2 aromatic carbocycles. The van der Waals surface area contributed by atoms with Gasteiger partial charge < -0.3 is 10.1 Å². The summed E-state index contributed by atoms with van der Waals surface area (Å²) in [6, 6.07) is 10.6. The summed E-state index contributed by atoms with van der Waals surface area (Å²) in [5.74, 6) is -0.245. The Kier molecular flexibility index (Phi) is 7.32. The maximum absolute atomic E-state index is 12.5. The average molecular weight is 463 g/mol. The first-order valence-corrected chi connectivity index (χ1v) is 8.93. The minimum atomic E-state index is -0.715. The number of amides is 1. The Morgan fingerprint density at radius 2 is 2.14 bits per heavy atom. The van der Waals surface area contributed by atoms with Gasteiger partial charge in [0.1, 0.15) is 24.0 Å². The first-order valence-electron chi connectivity index (χ1n) is 7.76. The first kappa shape index (κ1) is 21.2. The third-order valence-electron chi connectivity index (χ3n) is 3.41. The molecule has 0 saturated heterocycles. The van der Waals surface area contributed by atoms with Gasteiger partial charge in [-0.15, -0.1) is 0 Å². The Balaban J connectivity index is 2.31. The van der Waals surface area contributed by atoms with Crippen LogP contribution in [-0.4, -0.2) is 17.4 Å². The zero-order valence-electron chi connectivity index (χ0n) is 14.3. The second-order valence-electron chi connectivity index (χ2n) is 5.33. The lowest BCUT2D eigenvalue weighted by atomic mass is 10.1. The number of anilines is 1. The number of ether oxygens (including phenoxy) is 1. The largest absolute Gasteiger partial charge is 0.489 e. The number of nitrogens with one attached hydrogen (secondary N) is 1. The third kappa shape index (κ3) is 5.42. The smallest absolute Gasteiger partial charge is 0.271 e. The van der Waals surface area contributed by atoms with Gasteiger partial charge in [0.15, 0.2) is 0 Å². The van der Waals surface area contributed by atoms with Crippen LogP contribution >= 0.6 is 27.5 Å². The molecule has 0 heterocycles. The maximum Gasteiger partial charge on any atom is 0.271 e. The van der Waals surface area contributed by atoms with Gasteiger partial charge in [0.05, 0.1) is 15.6 Å². The van der Waals surface area contributed by atoms with Crippen molar-refractivity contribution in [3.63, 3.8) is 0 Å². The quantitative estimate of drug-likeness (QED) is 0.202. The average Bonchev–Trinajstić information content (AvgIpc) is 2.66. The first-order chi connectivity index (χ1) is 13.3. The molecule has 0 fully saturated rings. The van der Waals surface area contributed by atoms with Crippen molar-refractivity contribution in [2.75, 3.05) is 11.9 Å². The Bertz CT molecular complexity index is 1010. The number of rotatable bonds is 7. The van der Waals surface area contributed by atoms with Gasteiger partial charge in [-0.2, -0.15) is 5.26 Å². The van der Waals surface area contributed by atoms with E-state index in [1.807, 2.05) is 6.07 Å². The van der Waals surface area contributed by atoms with E-state index in [0.717, 1.165) is 10.5 Å². The number of benzene rings is 2. The number of nitro benzene ring substituents is 1. The van der Waals surface area contributed by atoms with E-state index in [9.17, 15) is 20.2 Å². The molecule has 0 spiro atoms. The molecule has 0 saturated carbocycles. The van der Waals surface area contributed by atoms with E-state index in [0.29, 0.717) is 11.3 Å². The molecule has 0 aliphatic rings. The van der Waals surface area contributed by atoms with E-state index in [1.165, 1.54) is 18.2 Å². The highest BCUT2D eigenvalue weighted by atomic mass is 79.9. The fraction of sp³-hybridized carbons (Fsp3) is 0.0526. The van der Waals surface area contributed by atoms with E-state index < -0.39 is 10.8 Å². The second kappa shape index (κ2) is 9.69. The van der Waals surface area contributed by atoms with Gasteiger partial charge >= 0.3 is 0 Å². The molecule has 0 aromatic heterocycles. The zero-order chi connectivity index (χ0) is 20.7. The minimum absolute atomic E-state index is 0.0164. The van der Waals surface area contributed by atoms with Crippen LogP contribution in [0.1, 0.15) is 5.56 Å². The van der Waals surface area contributed by atoms with Crippen molar-refractivity contribution in [3.05, 3.63) is 79.8 Å². The van der Waals surface area contributed by atoms with Crippen molar-refractivity contribution in [2.24, 2.45) is 0 Å². The van der Waals surface area contributed by atoms with Gasteiger partial charge in [0, 0.05) is 22.2 Å². The summed E-state index contributed by atoms with van der Waals surface area (Å²) < 4.78 is 6.27. The molecule has 7 nitrogen and oxygen atoms in total. The third-order valence-corrected chi connectivity index (χ3v) is 4.21. The van der Waals surface area contributed by atoms with Crippen LogP contribution in [-0.2, 0) is 4.79 Å². The monoisotopic (exact) mass is 461 g/mol. The van der Waals surface area contributed by atoms with Crippen molar-refractivity contribution in [1.82, 2.24) is 0 Å². The molecule has 0 radical (unpaired) electrons. The van der Waals surface area contributed by atoms with E-state index in [4.69, 9.17) is 16.3 Å². The molecule has 0 atom stereocenters.